The smallest absolute Gasteiger partial charge is 0.0792 e. The molecule has 0 radical (unpaired) electrons. The maximum atomic E-state index is 6.13. The second kappa shape index (κ2) is 4.07. The summed E-state index contributed by atoms with van der Waals surface area (Å²) in [5.74, 6) is 0.648. The Bertz CT molecular complexity index is 285. The van der Waals surface area contributed by atoms with Crippen LogP contribution in [0, 0.1) is 5.92 Å². The second-order valence-electron chi connectivity index (χ2n) is 3.85. The lowest BCUT2D eigenvalue weighted by molar-refractivity contribution is 0.0623. The van der Waals surface area contributed by atoms with Crippen molar-refractivity contribution in [3.8, 4) is 0 Å². The lowest BCUT2D eigenvalue weighted by atomic mass is 10.0. The first-order chi connectivity index (χ1) is 6.83. The highest BCUT2D eigenvalue weighted by Crippen LogP contribution is 2.38. The van der Waals surface area contributed by atoms with Crippen LogP contribution in [-0.2, 0) is 4.74 Å². The molecule has 0 saturated heterocycles. The quantitative estimate of drug-likeness (QED) is 0.786. The molecule has 2 unspecified atom stereocenters. The fourth-order valence-corrected chi connectivity index (χ4v) is 1.82. The molecular formula is C11H16N2O. The lowest BCUT2D eigenvalue weighted by Crippen LogP contribution is -2.29. The Hall–Kier alpha value is -0.930. The van der Waals surface area contributed by atoms with Crippen molar-refractivity contribution in [2.24, 2.45) is 11.7 Å². The third-order valence-corrected chi connectivity index (χ3v) is 2.78. The average Bonchev–Trinajstić information content (AvgIpc) is 3.04. The van der Waals surface area contributed by atoms with Gasteiger partial charge in [0.1, 0.15) is 0 Å². The minimum absolute atomic E-state index is 0.0406. The number of hydrogen-bond donors (Lipinski definition) is 1. The van der Waals surface area contributed by atoms with Gasteiger partial charge in [0.05, 0.1) is 12.1 Å². The summed E-state index contributed by atoms with van der Waals surface area (Å²) in [7, 11) is 1.74. The van der Waals surface area contributed by atoms with E-state index in [2.05, 4.69) is 4.98 Å². The number of methoxy groups -OCH3 is 1. The highest BCUT2D eigenvalue weighted by molar-refractivity contribution is 5.16. The summed E-state index contributed by atoms with van der Waals surface area (Å²) >= 11 is 0. The van der Waals surface area contributed by atoms with Gasteiger partial charge in [0.15, 0.2) is 0 Å². The first-order valence-electron chi connectivity index (χ1n) is 5.01. The number of rotatable bonds is 4. The third kappa shape index (κ3) is 1.94. The summed E-state index contributed by atoms with van der Waals surface area (Å²) in [6, 6.07) is 3.88. The van der Waals surface area contributed by atoms with Crippen LogP contribution in [0.5, 0.6) is 0 Å². The first kappa shape index (κ1) is 9.62. The van der Waals surface area contributed by atoms with Gasteiger partial charge >= 0.3 is 0 Å². The van der Waals surface area contributed by atoms with Crippen LogP contribution in [0.1, 0.15) is 24.4 Å². The maximum absolute atomic E-state index is 6.13. The van der Waals surface area contributed by atoms with E-state index in [-0.39, 0.29) is 12.1 Å². The van der Waals surface area contributed by atoms with E-state index < -0.39 is 0 Å². The summed E-state index contributed by atoms with van der Waals surface area (Å²) in [6.07, 6.45) is 6.21. The van der Waals surface area contributed by atoms with Crippen molar-refractivity contribution in [3.63, 3.8) is 0 Å². The fraction of sp³-hybridized carbons (Fsp3) is 0.545. The van der Waals surface area contributed by atoms with Gasteiger partial charge in [-0.2, -0.15) is 0 Å². The van der Waals surface area contributed by atoms with Gasteiger partial charge in [-0.25, -0.2) is 0 Å². The summed E-state index contributed by atoms with van der Waals surface area (Å²) in [5.41, 5.74) is 7.19. The Morgan fingerprint density at radius 3 is 2.86 bits per heavy atom. The van der Waals surface area contributed by atoms with Gasteiger partial charge in [-0.1, -0.05) is 6.07 Å². The van der Waals surface area contributed by atoms with Crippen molar-refractivity contribution in [1.82, 2.24) is 4.98 Å². The summed E-state index contributed by atoms with van der Waals surface area (Å²) in [4.78, 5) is 4.07. The summed E-state index contributed by atoms with van der Waals surface area (Å²) in [6.45, 7) is 0. The molecule has 0 aromatic carbocycles. The summed E-state index contributed by atoms with van der Waals surface area (Å²) < 4.78 is 5.44. The van der Waals surface area contributed by atoms with Crippen LogP contribution in [0.4, 0.5) is 0 Å². The molecule has 1 aliphatic carbocycles. The zero-order chi connectivity index (χ0) is 9.97. The Morgan fingerprint density at radius 1 is 1.57 bits per heavy atom. The predicted molar refractivity (Wildman–Crippen MR) is 54.7 cm³/mol. The standard InChI is InChI=1S/C11H16N2O/c1-14-11(8-4-5-8)10(12)9-3-2-6-13-7-9/h2-3,6-8,10-11H,4-5,12H2,1H3. The van der Waals surface area contributed by atoms with E-state index in [0.717, 1.165) is 5.56 Å². The number of aromatic nitrogens is 1. The fourth-order valence-electron chi connectivity index (χ4n) is 1.82. The minimum Gasteiger partial charge on any atom is -0.379 e. The Balaban J connectivity index is 2.09. The van der Waals surface area contributed by atoms with Crippen LogP contribution >= 0.6 is 0 Å². The largest absolute Gasteiger partial charge is 0.379 e. The number of nitrogens with zero attached hydrogens (tertiary/aromatic N) is 1. The molecule has 0 amide bonds. The van der Waals surface area contributed by atoms with Crippen LogP contribution < -0.4 is 5.73 Å². The van der Waals surface area contributed by atoms with Crippen LogP contribution in [0.25, 0.3) is 0 Å². The zero-order valence-corrected chi connectivity index (χ0v) is 8.39. The molecule has 1 aliphatic rings. The molecular weight excluding hydrogens is 176 g/mol. The Morgan fingerprint density at radius 2 is 2.36 bits per heavy atom. The van der Waals surface area contributed by atoms with Gasteiger partial charge in [-0.3, -0.25) is 4.98 Å². The van der Waals surface area contributed by atoms with Crippen LogP contribution in [-0.4, -0.2) is 18.2 Å². The monoisotopic (exact) mass is 192 g/mol. The van der Waals surface area contributed by atoms with Gasteiger partial charge in [-0.05, 0) is 30.4 Å². The van der Waals surface area contributed by atoms with Crippen LogP contribution in [0.3, 0.4) is 0 Å². The Kier molecular flexibility index (Phi) is 2.79. The minimum atomic E-state index is -0.0406. The van der Waals surface area contributed by atoms with Crippen molar-refractivity contribution in [2.75, 3.05) is 7.11 Å². The van der Waals surface area contributed by atoms with Gasteiger partial charge in [0.25, 0.3) is 0 Å². The SMILES string of the molecule is COC(C1CC1)C(N)c1cccnc1. The molecule has 3 heteroatoms. The van der Waals surface area contributed by atoms with E-state index in [0.29, 0.717) is 5.92 Å². The molecule has 2 atom stereocenters. The van der Waals surface area contributed by atoms with E-state index in [1.54, 1.807) is 13.3 Å². The zero-order valence-electron chi connectivity index (χ0n) is 8.39. The molecule has 2 N–H and O–H groups in total. The van der Waals surface area contributed by atoms with E-state index in [9.17, 15) is 0 Å². The van der Waals surface area contributed by atoms with Gasteiger partial charge in [-0.15, -0.1) is 0 Å². The van der Waals surface area contributed by atoms with Gasteiger partial charge in [0.2, 0.25) is 0 Å². The van der Waals surface area contributed by atoms with E-state index in [1.807, 2.05) is 18.3 Å². The second-order valence-corrected chi connectivity index (χ2v) is 3.85. The molecule has 1 aromatic heterocycles. The van der Waals surface area contributed by atoms with Crippen molar-refractivity contribution in [2.45, 2.75) is 25.0 Å². The number of hydrogen-bond acceptors (Lipinski definition) is 3. The lowest BCUT2D eigenvalue weighted by Gasteiger charge is -2.22. The topological polar surface area (TPSA) is 48.1 Å². The molecule has 0 aliphatic heterocycles. The van der Waals surface area contributed by atoms with Crippen LogP contribution in [0.15, 0.2) is 24.5 Å². The molecule has 1 heterocycles. The van der Waals surface area contributed by atoms with E-state index >= 15 is 0 Å². The molecule has 3 nitrogen and oxygen atoms in total. The average molecular weight is 192 g/mol. The highest BCUT2D eigenvalue weighted by Gasteiger charge is 2.35. The predicted octanol–water partition coefficient (Wildman–Crippen LogP) is 1.51. The molecule has 14 heavy (non-hydrogen) atoms. The number of ether oxygens (including phenoxy) is 1. The van der Waals surface area contributed by atoms with E-state index in [4.69, 9.17) is 10.5 Å². The summed E-state index contributed by atoms with van der Waals surface area (Å²) in [5, 5.41) is 0. The third-order valence-electron chi connectivity index (χ3n) is 2.78. The van der Waals surface area contributed by atoms with Crippen molar-refractivity contribution >= 4 is 0 Å². The highest BCUT2D eigenvalue weighted by atomic mass is 16.5. The van der Waals surface area contributed by atoms with Crippen LogP contribution in [0.2, 0.25) is 0 Å². The van der Waals surface area contributed by atoms with Gasteiger partial charge in [0, 0.05) is 19.5 Å². The molecule has 76 valence electrons. The molecule has 1 aromatic rings. The maximum Gasteiger partial charge on any atom is 0.0792 e. The normalized spacial score (nSPS) is 20.4. The molecule has 0 spiro atoms. The van der Waals surface area contributed by atoms with Crippen molar-refractivity contribution < 1.29 is 4.74 Å². The first-order valence-corrected chi connectivity index (χ1v) is 5.01. The van der Waals surface area contributed by atoms with E-state index in [1.165, 1.54) is 12.8 Å². The number of nitrogens with two attached hydrogens (primary N) is 1. The van der Waals surface area contributed by atoms with Gasteiger partial charge < -0.3 is 10.5 Å². The molecule has 1 fully saturated rings. The molecule has 2 rings (SSSR count). The Labute approximate surface area is 84.3 Å². The number of pyridine rings is 1. The molecule has 0 bridgehead atoms. The molecule has 1 saturated carbocycles. The van der Waals surface area contributed by atoms with Crippen molar-refractivity contribution in [1.29, 1.82) is 0 Å². The van der Waals surface area contributed by atoms with Crippen molar-refractivity contribution in [3.05, 3.63) is 30.1 Å².